The van der Waals surface area contributed by atoms with Crippen LogP contribution in [0, 0.1) is 0 Å². The van der Waals surface area contributed by atoms with Gasteiger partial charge in [0.2, 0.25) is 5.91 Å². The SMILES string of the molecule is CC(C)NC(=O)C1(C)CCCCN1. The Morgan fingerprint density at radius 2 is 2.15 bits per heavy atom. The third-order valence-electron chi connectivity index (χ3n) is 2.54. The number of piperidine rings is 1. The fourth-order valence-corrected chi connectivity index (χ4v) is 1.67. The maximum Gasteiger partial charge on any atom is 0.240 e. The zero-order chi connectivity index (χ0) is 9.90. The highest BCUT2D eigenvalue weighted by Crippen LogP contribution is 2.18. The van der Waals surface area contributed by atoms with Crippen molar-refractivity contribution in [2.75, 3.05) is 6.54 Å². The molecule has 0 spiro atoms. The topological polar surface area (TPSA) is 41.1 Å². The molecular weight excluding hydrogens is 164 g/mol. The van der Waals surface area contributed by atoms with Crippen LogP contribution >= 0.6 is 0 Å². The molecule has 1 saturated heterocycles. The van der Waals surface area contributed by atoms with E-state index >= 15 is 0 Å². The summed E-state index contributed by atoms with van der Waals surface area (Å²) in [6.45, 7) is 6.93. The second-order valence-corrected chi connectivity index (χ2v) is 4.34. The number of hydrogen-bond acceptors (Lipinski definition) is 2. The number of amides is 1. The van der Waals surface area contributed by atoms with Gasteiger partial charge in [-0.05, 0) is 46.6 Å². The molecule has 1 fully saturated rings. The summed E-state index contributed by atoms with van der Waals surface area (Å²) in [6, 6.07) is 0.230. The Bertz CT molecular complexity index is 183. The van der Waals surface area contributed by atoms with Crippen molar-refractivity contribution in [1.82, 2.24) is 10.6 Å². The van der Waals surface area contributed by atoms with Crippen molar-refractivity contribution in [3.8, 4) is 0 Å². The molecule has 1 aliphatic heterocycles. The van der Waals surface area contributed by atoms with E-state index in [0.29, 0.717) is 0 Å². The van der Waals surface area contributed by atoms with Crippen LogP contribution in [0.25, 0.3) is 0 Å². The van der Waals surface area contributed by atoms with E-state index < -0.39 is 0 Å². The smallest absolute Gasteiger partial charge is 0.240 e. The molecule has 1 amide bonds. The second kappa shape index (κ2) is 4.09. The van der Waals surface area contributed by atoms with Crippen LogP contribution in [-0.2, 0) is 4.79 Å². The molecule has 1 aliphatic rings. The maximum atomic E-state index is 11.8. The number of carbonyl (C=O) groups excluding carboxylic acids is 1. The minimum Gasteiger partial charge on any atom is -0.352 e. The highest BCUT2D eigenvalue weighted by Gasteiger charge is 2.34. The van der Waals surface area contributed by atoms with E-state index in [2.05, 4.69) is 10.6 Å². The molecule has 0 aromatic rings. The van der Waals surface area contributed by atoms with Gasteiger partial charge in [0.1, 0.15) is 0 Å². The summed E-state index contributed by atoms with van der Waals surface area (Å²) in [4.78, 5) is 11.8. The first-order chi connectivity index (χ1) is 6.04. The normalized spacial score (nSPS) is 28.9. The molecule has 0 saturated carbocycles. The standard InChI is InChI=1S/C10H20N2O/c1-8(2)12-9(13)10(3)6-4-5-7-11-10/h8,11H,4-7H2,1-3H3,(H,12,13). The van der Waals surface area contributed by atoms with Gasteiger partial charge in [-0.25, -0.2) is 0 Å². The highest BCUT2D eigenvalue weighted by molar-refractivity contribution is 5.86. The van der Waals surface area contributed by atoms with Gasteiger partial charge in [0.25, 0.3) is 0 Å². The van der Waals surface area contributed by atoms with Crippen molar-refractivity contribution >= 4 is 5.91 Å². The Hall–Kier alpha value is -0.570. The van der Waals surface area contributed by atoms with Gasteiger partial charge in [-0.3, -0.25) is 4.79 Å². The van der Waals surface area contributed by atoms with Crippen LogP contribution in [0.5, 0.6) is 0 Å². The number of hydrogen-bond donors (Lipinski definition) is 2. The van der Waals surface area contributed by atoms with Crippen molar-refractivity contribution in [2.24, 2.45) is 0 Å². The van der Waals surface area contributed by atoms with E-state index in [1.807, 2.05) is 20.8 Å². The molecule has 3 heteroatoms. The molecule has 1 unspecified atom stereocenters. The van der Waals surface area contributed by atoms with E-state index in [-0.39, 0.29) is 17.5 Å². The summed E-state index contributed by atoms with van der Waals surface area (Å²) in [7, 11) is 0. The van der Waals surface area contributed by atoms with Gasteiger partial charge in [0, 0.05) is 6.04 Å². The van der Waals surface area contributed by atoms with Crippen LogP contribution in [0.15, 0.2) is 0 Å². The van der Waals surface area contributed by atoms with Crippen LogP contribution in [0.3, 0.4) is 0 Å². The number of carbonyl (C=O) groups is 1. The maximum absolute atomic E-state index is 11.8. The summed E-state index contributed by atoms with van der Waals surface area (Å²) in [5.74, 6) is 0.141. The Morgan fingerprint density at radius 1 is 1.46 bits per heavy atom. The third kappa shape index (κ3) is 2.69. The summed E-state index contributed by atoms with van der Waals surface area (Å²) in [5.41, 5.74) is -0.331. The van der Waals surface area contributed by atoms with E-state index in [1.165, 1.54) is 6.42 Å². The van der Waals surface area contributed by atoms with Gasteiger partial charge >= 0.3 is 0 Å². The van der Waals surface area contributed by atoms with Crippen LogP contribution in [0.1, 0.15) is 40.0 Å². The molecule has 1 heterocycles. The van der Waals surface area contributed by atoms with E-state index in [4.69, 9.17) is 0 Å². The first kappa shape index (κ1) is 10.5. The molecule has 1 atom stereocenters. The summed E-state index contributed by atoms with van der Waals surface area (Å²) in [6.07, 6.45) is 3.28. The first-order valence-electron chi connectivity index (χ1n) is 5.10. The van der Waals surface area contributed by atoms with E-state index in [1.54, 1.807) is 0 Å². The molecule has 0 radical (unpaired) electrons. The molecule has 76 valence electrons. The lowest BCUT2D eigenvalue weighted by molar-refractivity contribution is -0.128. The Labute approximate surface area is 80.3 Å². The highest BCUT2D eigenvalue weighted by atomic mass is 16.2. The molecule has 2 N–H and O–H groups in total. The van der Waals surface area contributed by atoms with Gasteiger partial charge < -0.3 is 10.6 Å². The number of rotatable bonds is 2. The van der Waals surface area contributed by atoms with Crippen molar-refractivity contribution in [3.63, 3.8) is 0 Å². The fourth-order valence-electron chi connectivity index (χ4n) is 1.67. The summed E-state index contributed by atoms with van der Waals surface area (Å²) < 4.78 is 0. The average Bonchev–Trinajstić information content (AvgIpc) is 2.04. The lowest BCUT2D eigenvalue weighted by Crippen LogP contribution is -2.57. The predicted octanol–water partition coefficient (Wildman–Crippen LogP) is 1.04. The predicted molar refractivity (Wildman–Crippen MR) is 53.5 cm³/mol. The molecule has 0 bridgehead atoms. The molecule has 0 aliphatic carbocycles. The van der Waals surface area contributed by atoms with Gasteiger partial charge in [-0.1, -0.05) is 0 Å². The minimum absolute atomic E-state index is 0.141. The first-order valence-corrected chi connectivity index (χ1v) is 5.10. The zero-order valence-electron chi connectivity index (χ0n) is 8.81. The van der Waals surface area contributed by atoms with Crippen LogP contribution in [-0.4, -0.2) is 24.0 Å². The zero-order valence-corrected chi connectivity index (χ0v) is 8.81. The van der Waals surface area contributed by atoms with Crippen molar-refractivity contribution < 1.29 is 4.79 Å². The quantitative estimate of drug-likeness (QED) is 0.673. The Kier molecular flexibility index (Phi) is 3.31. The van der Waals surface area contributed by atoms with Gasteiger partial charge in [-0.2, -0.15) is 0 Å². The third-order valence-corrected chi connectivity index (χ3v) is 2.54. The van der Waals surface area contributed by atoms with E-state index in [0.717, 1.165) is 19.4 Å². The molecule has 0 aromatic carbocycles. The Morgan fingerprint density at radius 3 is 2.62 bits per heavy atom. The fraction of sp³-hybridized carbons (Fsp3) is 0.900. The van der Waals surface area contributed by atoms with Crippen molar-refractivity contribution in [3.05, 3.63) is 0 Å². The number of nitrogens with one attached hydrogen (secondary N) is 2. The van der Waals surface area contributed by atoms with Crippen LogP contribution < -0.4 is 10.6 Å². The molecule has 0 aromatic heterocycles. The van der Waals surface area contributed by atoms with Crippen LogP contribution in [0.4, 0.5) is 0 Å². The van der Waals surface area contributed by atoms with E-state index in [9.17, 15) is 4.79 Å². The lowest BCUT2D eigenvalue weighted by Gasteiger charge is -2.34. The summed E-state index contributed by atoms with van der Waals surface area (Å²) >= 11 is 0. The van der Waals surface area contributed by atoms with Gasteiger partial charge in [0.15, 0.2) is 0 Å². The molecule has 13 heavy (non-hydrogen) atoms. The lowest BCUT2D eigenvalue weighted by atomic mass is 9.90. The summed E-state index contributed by atoms with van der Waals surface area (Å²) in [5, 5.41) is 6.24. The second-order valence-electron chi connectivity index (χ2n) is 4.34. The average molecular weight is 184 g/mol. The molecular formula is C10H20N2O. The Balaban J connectivity index is 2.51. The van der Waals surface area contributed by atoms with Gasteiger partial charge in [-0.15, -0.1) is 0 Å². The largest absolute Gasteiger partial charge is 0.352 e. The van der Waals surface area contributed by atoms with Crippen molar-refractivity contribution in [1.29, 1.82) is 0 Å². The molecule has 3 nitrogen and oxygen atoms in total. The van der Waals surface area contributed by atoms with Gasteiger partial charge in [0.05, 0.1) is 5.54 Å². The van der Waals surface area contributed by atoms with Crippen LogP contribution in [0.2, 0.25) is 0 Å². The molecule has 1 rings (SSSR count). The monoisotopic (exact) mass is 184 g/mol. The van der Waals surface area contributed by atoms with Crippen molar-refractivity contribution in [2.45, 2.75) is 51.6 Å². The minimum atomic E-state index is -0.331.